The summed E-state index contributed by atoms with van der Waals surface area (Å²) in [5, 5.41) is 12.7. The second-order valence-electron chi connectivity index (χ2n) is 2.39. The lowest BCUT2D eigenvalue weighted by Crippen LogP contribution is -2.06. The van der Waals surface area contributed by atoms with E-state index in [1.807, 2.05) is 24.3 Å². The van der Waals surface area contributed by atoms with Crippen molar-refractivity contribution in [2.75, 3.05) is 13.7 Å². The Hall–Kier alpha value is -0.870. The molecule has 1 aromatic carbocycles. The van der Waals surface area contributed by atoms with E-state index < -0.39 is 0 Å². The topological polar surface area (TPSA) is 41.8 Å². The summed E-state index contributed by atoms with van der Waals surface area (Å²) in [7, 11) is 1.45. The van der Waals surface area contributed by atoms with E-state index in [1.54, 1.807) is 0 Å². The van der Waals surface area contributed by atoms with Crippen molar-refractivity contribution >= 4 is 21.6 Å². The van der Waals surface area contributed by atoms with E-state index in [9.17, 15) is 0 Å². The Morgan fingerprint density at radius 3 is 2.54 bits per heavy atom. The molecule has 0 fully saturated rings. The molecule has 0 saturated heterocycles. The number of hydrogen-bond donors (Lipinski definition) is 1. The van der Waals surface area contributed by atoms with Crippen LogP contribution in [0, 0.1) is 0 Å². The average Bonchev–Trinajstić information content (AvgIpc) is 2.16. The van der Waals surface area contributed by atoms with Crippen molar-refractivity contribution in [3.63, 3.8) is 0 Å². The van der Waals surface area contributed by atoms with Crippen LogP contribution < -0.4 is 0 Å². The number of nitrogens with zero attached hydrogens (tertiary/aromatic N) is 1. The lowest BCUT2D eigenvalue weighted by atomic mass is 10.1. The molecule has 1 aromatic rings. The predicted octanol–water partition coefficient (Wildman–Crippen LogP) is 1.79. The summed E-state index contributed by atoms with van der Waals surface area (Å²) in [5.41, 5.74) is 1.38. The molecule has 0 aliphatic rings. The normalized spacial score (nSPS) is 11.5. The molecule has 13 heavy (non-hydrogen) atoms. The molecule has 0 bridgehead atoms. The van der Waals surface area contributed by atoms with Crippen molar-refractivity contribution < 1.29 is 9.94 Å². The fourth-order valence-corrected chi connectivity index (χ4v) is 1.19. The minimum absolute atomic E-state index is 0.129. The third kappa shape index (κ3) is 2.82. The summed E-state index contributed by atoms with van der Waals surface area (Å²) in [6.45, 7) is -0.129. The first-order valence-electron chi connectivity index (χ1n) is 3.74. The molecule has 0 aliphatic carbocycles. The Bertz CT molecular complexity index is 295. The number of halogens is 1. The lowest BCUT2D eigenvalue weighted by molar-refractivity contribution is 0.209. The van der Waals surface area contributed by atoms with Gasteiger partial charge in [-0.2, -0.15) is 0 Å². The van der Waals surface area contributed by atoms with Crippen LogP contribution in [0.3, 0.4) is 0 Å². The minimum Gasteiger partial charge on any atom is -0.399 e. The maximum absolute atomic E-state index is 8.96. The minimum atomic E-state index is -0.129. The Kier molecular flexibility index (Phi) is 3.92. The van der Waals surface area contributed by atoms with Gasteiger partial charge in [-0.3, -0.25) is 0 Å². The van der Waals surface area contributed by atoms with Crippen molar-refractivity contribution in [2.45, 2.75) is 0 Å². The van der Waals surface area contributed by atoms with Crippen LogP contribution in [0.4, 0.5) is 0 Å². The summed E-state index contributed by atoms with van der Waals surface area (Å²) in [4.78, 5) is 4.60. The Balaban J connectivity index is 2.92. The molecule has 1 rings (SSSR count). The van der Waals surface area contributed by atoms with Gasteiger partial charge in [-0.15, -0.1) is 0 Å². The molecular formula is C9H10BrNO2. The van der Waals surface area contributed by atoms with Gasteiger partial charge < -0.3 is 9.94 Å². The van der Waals surface area contributed by atoms with Crippen LogP contribution >= 0.6 is 15.9 Å². The van der Waals surface area contributed by atoms with Gasteiger partial charge in [0, 0.05) is 10.0 Å². The highest BCUT2D eigenvalue weighted by Gasteiger charge is 2.01. The van der Waals surface area contributed by atoms with Gasteiger partial charge in [0.1, 0.15) is 12.8 Å². The molecule has 0 aromatic heterocycles. The van der Waals surface area contributed by atoms with Gasteiger partial charge in [0.15, 0.2) is 0 Å². The average molecular weight is 244 g/mol. The second-order valence-corrected chi connectivity index (χ2v) is 3.30. The van der Waals surface area contributed by atoms with E-state index in [-0.39, 0.29) is 6.61 Å². The molecule has 0 heterocycles. The Morgan fingerprint density at radius 1 is 1.46 bits per heavy atom. The SMILES string of the molecule is CON=C(CO)c1ccc(Br)cc1. The molecule has 1 N–H and O–H groups in total. The molecule has 0 aliphatic heterocycles. The third-order valence-corrected chi connectivity index (χ3v) is 2.06. The van der Waals surface area contributed by atoms with Crippen molar-refractivity contribution in [2.24, 2.45) is 5.16 Å². The van der Waals surface area contributed by atoms with Crippen LogP contribution in [0.25, 0.3) is 0 Å². The molecule has 0 radical (unpaired) electrons. The van der Waals surface area contributed by atoms with Gasteiger partial charge in [-0.25, -0.2) is 0 Å². The van der Waals surface area contributed by atoms with Crippen LogP contribution in [0.2, 0.25) is 0 Å². The van der Waals surface area contributed by atoms with Crippen molar-refractivity contribution in [1.82, 2.24) is 0 Å². The maximum Gasteiger partial charge on any atom is 0.112 e. The number of aliphatic hydroxyl groups is 1. The van der Waals surface area contributed by atoms with Crippen molar-refractivity contribution in [1.29, 1.82) is 0 Å². The van der Waals surface area contributed by atoms with Crippen molar-refractivity contribution in [3.8, 4) is 0 Å². The monoisotopic (exact) mass is 243 g/mol. The highest BCUT2D eigenvalue weighted by atomic mass is 79.9. The second kappa shape index (κ2) is 4.99. The fraction of sp³-hybridized carbons (Fsp3) is 0.222. The van der Waals surface area contributed by atoms with E-state index in [0.717, 1.165) is 10.0 Å². The molecule has 3 nitrogen and oxygen atoms in total. The van der Waals surface area contributed by atoms with Crippen LogP contribution in [0.5, 0.6) is 0 Å². The summed E-state index contributed by atoms with van der Waals surface area (Å²) in [6, 6.07) is 7.49. The first-order chi connectivity index (χ1) is 6.27. The first-order valence-corrected chi connectivity index (χ1v) is 4.54. The quantitative estimate of drug-likeness (QED) is 0.650. The van der Waals surface area contributed by atoms with Crippen LogP contribution in [0.1, 0.15) is 5.56 Å². The van der Waals surface area contributed by atoms with E-state index >= 15 is 0 Å². The van der Waals surface area contributed by atoms with Gasteiger partial charge in [-0.1, -0.05) is 33.2 Å². The standard InChI is InChI=1S/C9H10BrNO2/c1-13-11-9(6-12)7-2-4-8(10)5-3-7/h2-5,12H,6H2,1H3. The molecule has 0 spiro atoms. The number of benzene rings is 1. The molecule has 0 amide bonds. The van der Waals surface area contributed by atoms with Crippen molar-refractivity contribution in [3.05, 3.63) is 34.3 Å². The highest BCUT2D eigenvalue weighted by molar-refractivity contribution is 9.10. The predicted molar refractivity (Wildman–Crippen MR) is 54.8 cm³/mol. The molecular weight excluding hydrogens is 234 g/mol. The van der Waals surface area contributed by atoms with E-state index in [4.69, 9.17) is 5.11 Å². The largest absolute Gasteiger partial charge is 0.399 e. The first kappa shape index (κ1) is 10.2. The highest BCUT2D eigenvalue weighted by Crippen LogP contribution is 2.11. The zero-order valence-corrected chi connectivity index (χ0v) is 8.78. The molecule has 0 unspecified atom stereocenters. The molecule has 4 heteroatoms. The van der Waals surface area contributed by atoms with Crippen LogP contribution in [-0.4, -0.2) is 24.5 Å². The summed E-state index contributed by atoms with van der Waals surface area (Å²) >= 11 is 3.32. The number of rotatable bonds is 3. The van der Waals surface area contributed by atoms with Gasteiger partial charge in [0.2, 0.25) is 0 Å². The van der Waals surface area contributed by atoms with Crippen LogP contribution in [-0.2, 0) is 4.84 Å². The van der Waals surface area contributed by atoms with Gasteiger partial charge in [0.25, 0.3) is 0 Å². The van der Waals surface area contributed by atoms with Crippen LogP contribution in [0.15, 0.2) is 33.9 Å². The van der Waals surface area contributed by atoms with E-state index in [2.05, 4.69) is 25.9 Å². The molecule has 70 valence electrons. The molecule has 0 saturated carbocycles. The third-order valence-electron chi connectivity index (χ3n) is 1.53. The number of oxime groups is 1. The smallest absolute Gasteiger partial charge is 0.112 e. The molecule has 0 atom stereocenters. The summed E-state index contributed by atoms with van der Waals surface area (Å²) in [5.74, 6) is 0. The van der Waals surface area contributed by atoms with E-state index in [1.165, 1.54) is 7.11 Å². The summed E-state index contributed by atoms with van der Waals surface area (Å²) < 4.78 is 0.992. The number of hydrogen-bond acceptors (Lipinski definition) is 3. The lowest BCUT2D eigenvalue weighted by Gasteiger charge is -2.01. The maximum atomic E-state index is 8.96. The van der Waals surface area contributed by atoms with E-state index in [0.29, 0.717) is 5.71 Å². The van der Waals surface area contributed by atoms with Gasteiger partial charge >= 0.3 is 0 Å². The Morgan fingerprint density at radius 2 is 2.08 bits per heavy atom. The summed E-state index contributed by atoms with van der Waals surface area (Å²) in [6.07, 6.45) is 0. The zero-order chi connectivity index (χ0) is 9.68. The number of aliphatic hydroxyl groups excluding tert-OH is 1. The van der Waals surface area contributed by atoms with Gasteiger partial charge in [0.05, 0.1) is 6.61 Å². The fourth-order valence-electron chi connectivity index (χ4n) is 0.925. The zero-order valence-electron chi connectivity index (χ0n) is 7.20. The Labute approximate surface area is 85.2 Å². The van der Waals surface area contributed by atoms with Gasteiger partial charge in [-0.05, 0) is 12.1 Å².